The fraction of sp³-hybridized carbons (Fsp3) is 0.0435. The zero-order valence-corrected chi connectivity index (χ0v) is 20.8. The number of nitrogens with zero attached hydrogens (tertiary/aromatic N) is 3. The van der Waals surface area contributed by atoms with E-state index >= 15 is 0 Å². The largest absolute Gasteiger partial charge is 0.487 e. The van der Waals surface area contributed by atoms with Crippen LogP contribution in [0.4, 0.5) is 17.1 Å². The Morgan fingerprint density at radius 3 is 2.34 bits per heavy atom. The minimum Gasteiger partial charge on any atom is -0.487 e. The van der Waals surface area contributed by atoms with Gasteiger partial charge in [0.15, 0.2) is 0 Å². The SMILES string of the molecule is N#C/C(=C\c1cc(Br)cc(Br)c1OCc1ccc([N+](=O)[O-])cc1)C(=O)Nc1cccc([N+](=O)[O-])c1. The molecule has 0 bridgehead atoms. The number of benzene rings is 3. The first-order valence-electron chi connectivity index (χ1n) is 9.70. The number of ether oxygens (including phenoxy) is 1. The predicted octanol–water partition coefficient (Wildman–Crippen LogP) is 6.15. The minimum absolute atomic E-state index is 0.0457. The Kier molecular flexibility index (Phi) is 8.30. The molecule has 1 N–H and O–H groups in total. The minimum atomic E-state index is -0.759. The van der Waals surface area contributed by atoms with Crippen molar-refractivity contribution in [3.63, 3.8) is 0 Å². The molecule has 0 heterocycles. The molecule has 0 radical (unpaired) electrons. The van der Waals surface area contributed by atoms with Gasteiger partial charge in [-0.1, -0.05) is 22.0 Å². The van der Waals surface area contributed by atoms with Crippen molar-refractivity contribution in [1.29, 1.82) is 5.26 Å². The Labute approximate surface area is 215 Å². The molecule has 1 amide bonds. The number of amides is 1. The molecule has 176 valence electrons. The number of nitro groups is 2. The van der Waals surface area contributed by atoms with Crippen LogP contribution in [0.2, 0.25) is 0 Å². The lowest BCUT2D eigenvalue weighted by atomic mass is 10.1. The lowest BCUT2D eigenvalue weighted by Crippen LogP contribution is -2.13. The quantitative estimate of drug-likeness (QED) is 0.141. The smallest absolute Gasteiger partial charge is 0.271 e. The standard InChI is InChI=1S/C23H14Br2N4O6/c24-17-9-15(8-16(12-26)23(30)27-18-2-1-3-20(11-18)29(33)34)22(21(25)10-17)35-13-14-4-6-19(7-5-14)28(31)32/h1-11H,13H2,(H,27,30)/b16-8+. The molecule has 0 saturated heterocycles. The third kappa shape index (κ3) is 6.72. The van der Waals surface area contributed by atoms with Crippen molar-refractivity contribution in [2.24, 2.45) is 0 Å². The van der Waals surface area contributed by atoms with Crippen molar-refractivity contribution in [2.75, 3.05) is 5.32 Å². The van der Waals surface area contributed by atoms with E-state index in [0.717, 1.165) is 0 Å². The number of carbonyl (C=O) groups is 1. The van der Waals surface area contributed by atoms with Crippen LogP contribution in [0, 0.1) is 31.6 Å². The van der Waals surface area contributed by atoms with E-state index in [9.17, 15) is 30.3 Å². The number of rotatable bonds is 8. The normalized spacial score (nSPS) is 10.8. The molecule has 3 rings (SSSR count). The summed E-state index contributed by atoms with van der Waals surface area (Å²) in [6.45, 7) is 0.0703. The van der Waals surface area contributed by atoms with E-state index in [0.29, 0.717) is 25.8 Å². The Balaban J connectivity index is 1.86. The van der Waals surface area contributed by atoms with E-state index in [1.807, 2.05) is 6.07 Å². The fourth-order valence-corrected chi connectivity index (χ4v) is 4.28. The van der Waals surface area contributed by atoms with E-state index in [2.05, 4.69) is 37.2 Å². The molecule has 0 fully saturated rings. The number of carbonyl (C=O) groups excluding carboxylic acids is 1. The van der Waals surface area contributed by atoms with Crippen LogP contribution in [-0.4, -0.2) is 15.8 Å². The first kappa shape index (κ1) is 25.5. The van der Waals surface area contributed by atoms with Gasteiger partial charge in [-0.2, -0.15) is 5.26 Å². The van der Waals surface area contributed by atoms with Crippen LogP contribution < -0.4 is 10.1 Å². The molecule has 0 spiro atoms. The molecule has 0 aromatic heterocycles. The Hall–Kier alpha value is -4.08. The average molecular weight is 602 g/mol. The molecule has 12 heteroatoms. The molecule has 0 aliphatic rings. The molecule has 35 heavy (non-hydrogen) atoms. The summed E-state index contributed by atoms with van der Waals surface area (Å²) in [6, 6.07) is 16.4. The van der Waals surface area contributed by atoms with Crippen molar-refractivity contribution in [3.05, 3.63) is 107 Å². The number of nitrogens with one attached hydrogen (secondary N) is 1. The zero-order chi connectivity index (χ0) is 25.5. The van der Waals surface area contributed by atoms with Crippen LogP contribution in [0.1, 0.15) is 11.1 Å². The summed E-state index contributed by atoms with van der Waals surface area (Å²) in [5, 5.41) is 33.8. The van der Waals surface area contributed by atoms with Gasteiger partial charge in [0.25, 0.3) is 17.3 Å². The van der Waals surface area contributed by atoms with Crippen LogP contribution in [0.25, 0.3) is 6.08 Å². The van der Waals surface area contributed by atoms with Gasteiger partial charge < -0.3 is 10.1 Å². The molecule has 0 saturated carbocycles. The van der Waals surface area contributed by atoms with E-state index in [1.54, 1.807) is 24.3 Å². The molecule has 0 aliphatic heterocycles. The summed E-state index contributed by atoms with van der Waals surface area (Å²) in [5.74, 6) is -0.423. The number of hydrogen-bond donors (Lipinski definition) is 1. The van der Waals surface area contributed by atoms with Gasteiger partial charge in [-0.15, -0.1) is 0 Å². The highest BCUT2D eigenvalue weighted by Crippen LogP contribution is 2.35. The molecular formula is C23H14Br2N4O6. The molecule has 10 nitrogen and oxygen atoms in total. The van der Waals surface area contributed by atoms with E-state index in [4.69, 9.17) is 4.74 Å². The second-order valence-electron chi connectivity index (χ2n) is 6.95. The molecule has 0 atom stereocenters. The Morgan fingerprint density at radius 2 is 1.71 bits per heavy atom. The highest BCUT2D eigenvalue weighted by atomic mass is 79.9. The summed E-state index contributed by atoms with van der Waals surface area (Å²) in [5.41, 5.74) is 0.721. The first-order valence-corrected chi connectivity index (χ1v) is 11.3. The van der Waals surface area contributed by atoms with Gasteiger partial charge in [0, 0.05) is 40.0 Å². The topological polar surface area (TPSA) is 148 Å². The highest BCUT2D eigenvalue weighted by Gasteiger charge is 2.16. The average Bonchev–Trinajstić information content (AvgIpc) is 2.82. The predicted molar refractivity (Wildman–Crippen MR) is 135 cm³/mol. The number of nitro benzene ring substituents is 2. The summed E-state index contributed by atoms with van der Waals surface area (Å²) in [7, 11) is 0. The van der Waals surface area contributed by atoms with Crippen molar-refractivity contribution < 1.29 is 19.4 Å². The maximum absolute atomic E-state index is 12.7. The van der Waals surface area contributed by atoms with Crippen LogP contribution in [0.3, 0.4) is 0 Å². The number of hydrogen-bond acceptors (Lipinski definition) is 7. The van der Waals surface area contributed by atoms with Gasteiger partial charge in [-0.3, -0.25) is 25.0 Å². The second kappa shape index (κ2) is 11.4. The van der Waals surface area contributed by atoms with Crippen molar-refractivity contribution in [2.45, 2.75) is 6.61 Å². The number of nitriles is 1. The van der Waals surface area contributed by atoms with E-state index in [1.165, 1.54) is 42.5 Å². The molecule has 0 aliphatic carbocycles. The summed E-state index contributed by atoms with van der Waals surface area (Å²) >= 11 is 6.77. The monoisotopic (exact) mass is 600 g/mol. The van der Waals surface area contributed by atoms with Crippen LogP contribution in [0.15, 0.2) is 75.2 Å². The summed E-state index contributed by atoms with van der Waals surface area (Å²) in [6.07, 6.45) is 1.33. The van der Waals surface area contributed by atoms with Gasteiger partial charge in [-0.25, -0.2) is 0 Å². The molecule has 3 aromatic carbocycles. The summed E-state index contributed by atoms with van der Waals surface area (Å²) in [4.78, 5) is 33.4. The second-order valence-corrected chi connectivity index (χ2v) is 8.72. The van der Waals surface area contributed by atoms with Crippen LogP contribution in [0.5, 0.6) is 5.75 Å². The lowest BCUT2D eigenvalue weighted by molar-refractivity contribution is -0.385. The zero-order valence-electron chi connectivity index (χ0n) is 17.6. The highest BCUT2D eigenvalue weighted by molar-refractivity contribution is 9.11. The number of anilines is 1. The van der Waals surface area contributed by atoms with Crippen molar-refractivity contribution in [1.82, 2.24) is 0 Å². The Morgan fingerprint density at radius 1 is 1.03 bits per heavy atom. The maximum atomic E-state index is 12.7. The summed E-state index contributed by atoms with van der Waals surface area (Å²) < 4.78 is 7.08. The van der Waals surface area contributed by atoms with E-state index in [-0.39, 0.29) is 29.2 Å². The maximum Gasteiger partial charge on any atom is 0.271 e. The molecule has 3 aromatic rings. The van der Waals surface area contributed by atoms with Crippen molar-refractivity contribution in [3.8, 4) is 11.8 Å². The third-order valence-electron chi connectivity index (χ3n) is 4.55. The fourth-order valence-electron chi connectivity index (χ4n) is 2.91. The van der Waals surface area contributed by atoms with Gasteiger partial charge >= 0.3 is 0 Å². The molecular weight excluding hydrogens is 588 g/mol. The number of non-ortho nitro benzene ring substituents is 2. The van der Waals surface area contributed by atoms with Crippen LogP contribution in [-0.2, 0) is 11.4 Å². The van der Waals surface area contributed by atoms with Crippen molar-refractivity contribution >= 4 is 60.9 Å². The van der Waals surface area contributed by atoms with Gasteiger partial charge in [0.2, 0.25) is 0 Å². The lowest BCUT2D eigenvalue weighted by Gasteiger charge is -2.13. The van der Waals surface area contributed by atoms with Gasteiger partial charge in [0.1, 0.15) is 24.0 Å². The van der Waals surface area contributed by atoms with Crippen LogP contribution >= 0.6 is 31.9 Å². The number of halogens is 2. The molecule has 0 unspecified atom stereocenters. The first-order chi connectivity index (χ1) is 16.7. The van der Waals surface area contributed by atoms with E-state index < -0.39 is 15.8 Å². The van der Waals surface area contributed by atoms with Gasteiger partial charge in [0.05, 0.1) is 14.3 Å². The van der Waals surface area contributed by atoms with Gasteiger partial charge in [-0.05, 0) is 57.9 Å². The Bertz CT molecular complexity index is 1380. The third-order valence-corrected chi connectivity index (χ3v) is 5.59.